The molecule has 0 radical (unpaired) electrons. The van der Waals surface area contributed by atoms with Crippen LogP contribution in [-0.2, 0) is 6.54 Å². The van der Waals surface area contributed by atoms with Crippen molar-refractivity contribution in [3.8, 4) is 0 Å². The average molecular weight is 215 g/mol. The van der Waals surface area contributed by atoms with Crippen LogP contribution < -0.4 is 0 Å². The zero-order chi connectivity index (χ0) is 10.8. The van der Waals surface area contributed by atoms with Gasteiger partial charge < -0.3 is 10.1 Å². The standard InChI is InChI=1S/C8H13N3O2S/c1-8(2,6-14)5-10-4-3-7(9-10)11(12)13/h3-4,14H,5-6H2,1-2H3. The maximum atomic E-state index is 10.4. The number of hydrogen-bond donors (Lipinski definition) is 1. The van der Waals surface area contributed by atoms with Crippen LogP contribution in [0.1, 0.15) is 13.8 Å². The van der Waals surface area contributed by atoms with E-state index in [-0.39, 0.29) is 11.2 Å². The monoisotopic (exact) mass is 215 g/mol. The van der Waals surface area contributed by atoms with E-state index in [4.69, 9.17) is 0 Å². The van der Waals surface area contributed by atoms with Crippen LogP contribution in [0.25, 0.3) is 0 Å². The third-order valence-corrected chi connectivity index (χ3v) is 2.69. The maximum Gasteiger partial charge on any atom is 0.389 e. The van der Waals surface area contributed by atoms with E-state index in [1.165, 1.54) is 6.07 Å². The molecule has 0 saturated carbocycles. The normalized spacial score (nSPS) is 11.6. The molecular weight excluding hydrogens is 202 g/mol. The summed E-state index contributed by atoms with van der Waals surface area (Å²) in [4.78, 5) is 9.87. The van der Waals surface area contributed by atoms with Crippen LogP contribution in [0, 0.1) is 15.5 Å². The van der Waals surface area contributed by atoms with Gasteiger partial charge in [0.25, 0.3) is 0 Å². The van der Waals surface area contributed by atoms with Gasteiger partial charge in [-0.25, -0.2) is 0 Å². The molecule has 0 unspecified atom stereocenters. The van der Waals surface area contributed by atoms with Crippen LogP contribution in [-0.4, -0.2) is 20.5 Å². The van der Waals surface area contributed by atoms with Gasteiger partial charge in [0.15, 0.2) is 0 Å². The van der Waals surface area contributed by atoms with Gasteiger partial charge in [-0.3, -0.25) is 0 Å². The van der Waals surface area contributed by atoms with Crippen LogP contribution in [0.3, 0.4) is 0 Å². The van der Waals surface area contributed by atoms with Gasteiger partial charge in [-0.1, -0.05) is 13.8 Å². The van der Waals surface area contributed by atoms with Crippen LogP contribution in [0.15, 0.2) is 12.3 Å². The van der Waals surface area contributed by atoms with Crippen LogP contribution in [0.4, 0.5) is 5.82 Å². The fourth-order valence-electron chi connectivity index (χ4n) is 1.02. The molecule has 0 aliphatic heterocycles. The highest BCUT2D eigenvalue weighted by molar-refractivity contribution is 7.80. The first-order valence-corrected chi connectivity index (χ1v) is 4.86. The van der Waals surface area contributed by atoms with E-state index >= 15 is 0 Å². The Balaban J connectivity index is 2.73. The van der Waals surface area contributed by atoms with E-state index in [1.54, 1.807) is 10.9 Å². The second-order valence-electron chi connectivity index (χ2n) is 3.95. The Labute approximate surface area is 87.7 Å². The van der Waals surface area contributed by atoms with Crippen molar-refractivity contribution in [2.45, 2.75) is 20.4 Å². The van der Waals surface area contributed by atoms with Crippen LogP contribution in [0.2, 0.25) is 0 Å². The molecule has 0 atom stereocenters. The third-order valence-electron chi connectivity index (χ3n) is 1.83. The summed E-state index contributed by atoms with van der Waals surface area (Å²) in [6, 6.07) is 1.40. The Morgan fingerprint density at radius 1 is 1.71 bits per heavy atom. The summed E-state index contributed by atoms with van der Waals surface area (Å²) in [5, 5.41) is 14.2. The Morgan fingerprint density at radius 2 is 2.36 bits per heavy atom. The van der Waals surface area contributed by atoms with E-state index in [1.807, 2.05) is 13.8 Å². The second-order valence-corrected chi connectivity index (χ2v) is 4.27. The molecule has 14 heavy (non-hydrogen) atoms. The first-order chi connectivity index (χ1) is 6.44. The number of thiol groups is 1. The van der Waals surface area contributed by atoms with Gasteiger partial charge in [-0.05, 0) is 16.1 Å². The highest BCUT2D eigenvalue weighted by Crippen LogP contribution is 2.19. The maximum absolute atomic E-state index is 10.4. The van der Waals surface area contributed by atoms with Crippen molar-refractivity contribution in [1.29, 1.82) is 0 Å². The molecule has 78 valence electrons. The van der Waals surface area contributed by atoms with Crippen LogP contribution >= 0.6 is 12.6 Å². The average Bonchev–Trinajstić information content (AvgIpc) is 2.52. The van der Waals surface area contributed by atoms with E-state index in [0.717, 1.165) is 0 Å². The summed E-state index contributed by atoms with van der Waals surface area (Å²) in [5.74, 6) is 0.598. The van der Waals surface area contributed by atoms with E-state index in [2.05, 4.69) is 17.7 Å². The quantitative estimate of drug-likeness (QED) is 0.473. The molecule has 0 fully saturated rings. The molecule has 0 amide bonds. The minimum atomic E-state index is -0.496. The summed E-state index contributed by atoms with van der Waals surface area (Å²) >= 11 is 4.20. The van der Waals surface area contributed by atoms with Crippen molar-refractivity contribution in [2.24, 2.45) is 5.41 Å². The minimum Gasteiger partial charge on any atom is -0.358 e. The van der Waals surface area contributed by atoms with E-state index in [0.29, 0.717) is 12.3 Å². The van der Waals surface area contributed by atoms with Gasteiger partial charge in [0, 0.05) is 0 Å². The predicted octanol–water partition coefficient (Wildman–Crippen LogP) is 1.75. The molecule has 1 aromatic rings. The fraction of sp³-hybridized carbons (Fsp3) is 0.625. The Kier molecular flexibility index (Phi) is 3.15. The van der Waals surface area contributed by atoms with Gasteiger partial charge in [0.2, 0.25) is 0 Å². The molecule has 5 nitrogen and oxygen atoms in total. The smallest absolute Gasteiger partial charge is 0.358 e. The topological polar surface area (TPSA) is 61.0 Å². The second kappa shape index (κ2) is 4.00. The fourth-order valence-corrected chi connectivity index (χ4v) is 1.12. The molecule has 0 spiro atoms. The summed E-state index contributed by atoms with van der Waals surface area (Å²) in [5.41, 5.74) is -0.0109. The number of aromatic nitrogens is 2. The summed E-state index contributed by atoms with van der Waals surface area (Å²) < 4.78 is 1.58. The molecule has 1 aromatic heterocycles. The van der Waals surface area contributed by atoms with Gasteiger partial charge in [0.05, 0.1) is 23.9 Å². The van der Waals surface area contributed by atoms with E-state index < -0.39 is 4.92 Å². The van der Waals surface area contributed by atoms with Crippen molar-refractivity contribution < 1.29 is 4.92 Å². The lowest BCUT2D eigenvalue weighted by molar-refractivity contribution is -0.389. The summed E-state index contributed by atoms with van der Waals surface area (Å²) in [6.07, 6.45) is 1.61. The van der Waals surface area contributed by atoms with Gasteiger partial charge in [0.1, 0.15) is 0 Å². The lowest BCUT2D eigenvalue weighted by Gasteiger charge is -2.19. The molecular formula is C8H13N3O2S. The van der Waals surface area contributed by atoms with E-state index in [9.17, 15) is 10.1 Å². The van der Waals surface area contributed by atoms with Crippen molar-refractivity contribution in [1.82, 2.24) is 9.78 Å². The first-order valence-electron chi connectivity index (χ1n) is 4.23. The number of hydrogen-bond acceptors (Lipinski definition) is 4. The lowest BCUT2D eigenvalue weighted by Crippen LogP contribution is -2.21. The zero-order valence-electron chi connectivity index (χ0n) is 8.17. The number of rotatable bonds is 4. The predicted molar refractivity (Wildman–Crippen MR) is 56.5 cm³/mol. The molecule has 1 heterocycles. The zero-order valence-corrected chi connectivity index (χ0v) is 9.07. The largest absolute Gasteiger partial charge is 0.389 e. The van der Waals surface area contributed by atoms with Crippen LogP contribution in [0.5, 0.6) is 0 Å². The molecule has 1 rings (SSSR count). The Morgan fingerprint density at radius 3 is 2.79 bits per heavy atom. The van der Waals surface area contributed by atoms with Crippen molar-refractivity contribution in [3.05, 3.63) is 22.4 Å². The number of nitrogens with zero attached hydrogens (tertiary/aromatic N) is 3. The van der Waals surface area contributed by atoms with Crippen molar-refractivity contribution in [3.63, 3.8) is 0 Å². The molecule has 0 saturated heterocycles. The first kappa shape index (κ1) is 11.0. The van der Waals surface area contributed by atoms with Crippen molar-refractivity contribution in [2.75, 3.05) is 5.75 Å². The lowest BCUT2D eigenvalue weighted by atomic mass is 9.97. The molecule has 0 N–H and O–H groups in total. The Bertz CT molecular complexity index is 335. The molecule has 0 bridgehead atoms. The minimum absolute atomic E-state index is 0.0109. The van der Waals surface area contributed by atoms with Gasteiger partial charge >= 0.3 is 5.82 Å². The van der Waals surface area contributed by atoms with Gasteiger partial charge in [-0.15, -0.1) is 0 Å². The SMILES string of the molecule is CC(C)(CS)Cn1ccc([N+](=O)[O-])n1. The third kappa shape index (κ3) is 2.73. The van der Waals surface area contributed by atoms with Gasteiger partial charge in [-0.2, -0.15) is 17.3 Å². The Hall–Kier alpha value is -1.04. The molecule has 0 aromatic carbocycles. The number of nitro groups is 1. The van der Waals surface area contributed by atoms with Crippen molar-refractivity contribution >= 4 is 18.4 Å². The molecule has 0 aliphatic rings. The molecule has 0 aliphatic carbocycles. The molecule has 6 heteroatoms. The highest BCUT2D eigenvalue weighted by Gasteiger charge is 2.20. The highest BCUT2D eigenvalue weighted by atomic mass is 32.1. The summed E-state index contributed by atoms with van der Waals surface area (Å²) in [6.45, 7) is 4.70. The summed E-state index contributed by atoms with van der Waals surface area (Å²) in [7, 11) is 0.